The second-order valence-corrected chi connectivity index (χ2v) is 5.45. The van der Waals surface area contributed by atoms with E-state index in [1.54, 1.807) is 0 Å². The number of nitrogens with one attached hydrogen (secondary N) is 2. The standard InChI is InChI=1S/C16H23N3O2/c1-2-17-16(19-13-5-6-13)18-11-12-4-7-14-15(10-12)21-9-3-8-20-14/h4,7,10,13H,2-3,5-6,8-9,11H2,1H3,(H2,17,18,19). The summed E-state index contributed by atoms with van der Waals surface area (Å²) < 4.78 is 11.4. The van der Waals surface area contributed by atoms with Crippen molar-refractivity contribution in [1.29, 1.82) is 0 Å². The van der Waals surface area contributed by atoms with Gasteiger partial charge in [0.1, 0.15) is 0 Å². The quantitative estimate of drug-likeness (QED) is 0.658. The van der Waals surface area contributed by atoms with Crippen molar-refractivity contribution < 1.29 is 9.47 Å². The third-order valence-corrected chi connectivity index (χ3v) is 3.49. The zero-order valence-corrected chi connectivity index (χ0v) is 12.5. The van der Waals surface area contributed by atoms with Crippen LogP contribution in [0.25, 0.3) is 0 Å². The summed E-state index contributed by atoms with van der Waals surface area (Å²) in [5.74, 6) is 2.57. The molecule has 3 rings (SSSR count). The molecule has 1 saturated carbocycles. The summed E-state index contributed by atoms with van der Waals surface area (Å²) in [6.45, 7) is 5.03. The highest BCUT2D eigenvalue weighted by Gasteiger charge is 2.22. The normalized spacial score (nSPS) is 18.0. The van der Waals surface area contributed by atoms with Crippen LogP contribution in [0.5, 0.6) is 11.5 Å². The Hall–Kier alpha value is -1.91. The van der Waals surface area contributed by atoms with Crippen molar-refractivity contribution in [2.24, 2.45) is 4.99 Å². The molecule has 5 nitrogen and oxygen atoms in total. The molecule has 1 aromatic rings. The van der Waals surface area contributed by atoms with Crippen LogP contribution in [0.2, 0.25) is 0 Å². The van der Waals surface area contributed by atoms with E-state index >= 15 is 0 Å². The molecule has 0 radical (unpaired) electrons. The zero-order chi connectivity index (χ0) is 14.5. The second-order valence-electron chi connectivity index (χ2n) is 5.45. The van der Waals surface area contributed by atoms with Crippen molar-refractivity contribution in [3.63, 3.8) is 0 Å². The molecule has 0 unspecified atom stereocenters. The summed E-state index contributed by atoms with van der Waals surface area (Å²) in [4.78, 5) is 4.63. The van der Waals surface area contributed by atoms with E-state index in [1.165, 1.54) is 12.8 Å². The molecular weight excluding hydrogens is 266 g/mol. The number of guanidine groups is 1. The highest BCUT2D eigenvalue weighted by molar-refractivity contribution is 5.80. The van der Waals surface area contributed by atoms with Crippen LogP contribution in [0.3, 0.4) is 0 Å². The van der Waals surface area contributed by atoms with Gasteiger partial charge in [-0.2, -0.15) is 0 Å². The van der Waals surface area contributed by atoms with Gasteiger partial charge in [-0.3, -0.25) is 0 Å². The smallest absolute Gasteiger partial charge is 0.191 e. The fraction of sp³-hybridized carbons (Fsp3) is 0.562. The summed E-state index contributed by atoms with van der Waals surface area (Å²) in [5, 5.41) is 6.70. The van der Waals surface area contributed by atoms with Crippen molar-refractivity contribution in [2.45, 2.75) is 38.8 Å². The number of ether oxygens (including phenoxy) is 2. The van der Waals surface area contributed by atoms with Gasteiger partial charge in [-0.25, -0.2) is 4.99 Å². The molecular formula is C16H23N3O2. The second kappa shape index (κ2) is 6.70. The molecule has 1 aromatic carbocycles. The average Bonchev–Trinajstić information content (AvgIpc) is 3.31. The van der Waals surface area contributed by atoms with Crippen LogP contribution in [0.4, 0.5) is 0 Å². The average molecular weight is 289 g/mol. The van der Waals surface area contributed by atoms with Crippen molar-refractivity contribution >= 4 is 5.96 Å². The Morgan fingerprint density at radius 2 is 2.05 bits per heavy atom. The van der Waals surface area contributed by atoms with Gasteiger partial charge >= 0.3 is 0 Å². The van der Waals surface area contributed by atoms with Crippen LogP contribution >= 0.6 is 0 Å². The molecule has 21 heavy (non-hydrogen) atoms. The van der Waals surface area contributed by atoms with E-state index in [4.69, 9.17) is 9.47 Å². The summed E-state index contributed by atoms with van der Waals surface area (Å²) in [6.07, 6.45) is 3.42. The van der Waals surface area contributed by atoms with Crippen LogP contribution < -0.4 is 20.1 Å². The number of fused-ring (bicyclic) bond motifs is 1. The van der Waals surface area contributed by atoms with Gasteiger partial charge in [0.25, 0.3) is 0 Å². The lowest BCUT2D eigenvalue weighted by molar-refractivity contribution is 0.297. The Labute approximate surface area is 125 Å². The fourth-order valence-corrected chi connectivity index (χ4v) is 2.22. The molecule has 0 spiro atoms. The van der Waals surface area contributed by atoms with Crippen molar-refractivity contribution in [3.8, 4) is 11.5 Å². The first-order valence-electron chi connectivity index (χ1n) is 7.78. The Morgan fingerprint density at radius 1 is 1.24 bits per heavy atom. The van der Waals surface area contributed by atoms with Crippen LogP contribution in [0, 0.1) is 0 Å². The summed E-state index contributed by atoms with van der Waals surface area (Å²) in [7, 11) is 0. The lowest BCUT2D eigenvalue weighted by Gasteiger charge is -2.11. The Balaban J connectivity index is 1.66. The van der Waals surface area contributed by atoms with E-state index in [-0.39, 0.29) is 0 Å². The van der Waals surface area contributed by atoms with Gasteiger partial charge in [0.05, 0.1) is 19.8 Å². The maximum Gasteiger partial charge on any atom is 0.191 e. The first-order valence-corrected chi connectivity index (χ1v) is 7.78. The number of nitrogens with zero attached hydrogens (tertiary/aromatic N) is 1. The van der Waals surface area contributed by atoms with Crippen LogP contribution in [0.1, 0.15) is 31.7 Å². The molecule has 5 heteroatoms. The van der Waals surface area contributed by atoms with Gasteiger partial charge < -0.3 is 20.1 Å². The van der Waals surface area contributed by atoms with E-state index in [2.05, 4.69) is 28.6 Å². The maximum absolute atomic E-state index is 5.71. The van der Waals surface area contributed by atoms with Crippen LogP contribution in [0.15, 0.2) is 23.2 Å². The third-order valence-electron chi connectivity index (χ3n) is 3.49. The fourth-order valence-electron chi connectivity index (χ4n) is 2.22. The van der Waals surface area contributed by atoms with Gasteiger partial charge in [-0.05, 0) is 37.5 Å². The van der Waals surface area contributed by atoms with Gasteiger partial charge in [-0.1, -0.05) is 6.07 Å². The van der Waals surface area contributed by atoms with Crippen molar-refractivity contribution in [3.05, 3.63) is 23.8 Å². The van der Waals surface area contributed by atoms with E-state index in [9.17, 15) is 0 Å². The minimum Gasteiger partial charge on any atom is -0.490 e. The van der Waals surface area contributed by atoms with Crippen LogP contribution in [-0.2, 0) is 6.54 Å². The predicted octanol–water partition coefficient (Wildman–Crippen LogP) is 2.07. The van der Waals surface area contributed by atoms with Gasteiger partial charge in [0.2, 0.25) is 0 Å². The van der Waals surface area contributed by atoms with Gasteiger partial charge in [0, 0.05) is 19.0 Å². The van der Waals surface area contributed by atoms with Crippen molar-refractivity contribution in [1.82, 2.24) is 10.6 Å². The molecule has 1 aliphatic carbocycles. The highest BCUT2D eigenvalue weighted by Crippen LogP contribution is 2.30. The van der Waals surface area contributed by atoms with Crippen LogP contribution in [-0.4, -0.2) is 31.8 Å². The molecule has 0 amide bonds. The molecule has 1 aliphatic heterocycles. The third kappa shape index (κ3) is 4.03. The maximum atomic E-state index is 5.71. The molecule has 0 bridgehead atoms. The number of hydrogen-bond acceptors (Lipinski definition) is 3. The Morgan fingerprint density at radius 3 is 2.81 bits per heavy atom. The molecule has 0 aromatic heterocycles. The Bertz CT molecular complexity index is 512. The number of benzene rings is 1. The first-order chi connectivity index (χ1) is 10.3. The first kappa shape index (κ1) is 14.0. The van der Waals surface area contributed by atoms with Crippen molar-refractivity contribution in [2.75, 3.05) is 19.8 Å². The predicted molar refractivity (Wildman–Crippen MR) is 83.0 cm³/mol. The Kier molecular flexibility index (Phi) is 4.48. The monoisotopic (exact) mass is 289 g/mol. The molecule has 114 valence electrons. The number of hydrogen-bond donors (Lipinski definition) is 2. The minimum atomic E-state index is 0.603. The van der Waals surface area contributed by atoms with Gasteiger partial charge in [0.15, 0.2) is 17.5 Å². The van der Waals surface area contributed by atoms with E-state index in [0.29, 0.717) is 19.2 Å². The lowest BCUT2D eigenvalue weighted by Crippen LogP contribution is -2.38. The molecule has 0 atom stereocenters. The molecule has 0 saturated heterocycles. The van der Waals surface area contributed by atoms with E-state index in [1.807, 2.05) is 12.1 Å². The summed E-state index contributed by atoms with van der Waals surface area (Å²) in [6, 6.07) is 6.67. The molecule has 1 heterocycles. The molecule has 2 N–H and O–H groups in total. The highest BCUT2D eigenvalue weighted by atomic mass is 16.5. The summed E-state index contributed by atoms with van der Waals surface area (Å²) in [5.41, 5.74) is 1.13. The SMILES string of the molecule is CCNC(=NCc1ccc2c(c1)OCCCO2)NC1CC1. The zero-order valence-electron chi connectivity index (χ0n) is 12.5. The molecule has 2 aliphatic rings. The lowest BCUT2D eigenvalue weighted by atomic mass is 10.2. The topological polar surface area (TPSA) is 54.9 Å². The minimum absolute atomic E-state index is 0.603. The van der Waals surface area contributed by atoms with Gasteiger partial charge in [-0.15, -0.1) is 0 Å². The van der Waals surface area contributed by atoms with E-state index < -0.39 is 0 Å². The molecule has 1 fully saturated rings. The summed E-state index contributed by atoms with van der Waals surface area (Å²) >= 11 is 0. The van der Waals surface area contributed by atoms with E-state index in [0.717, 1.165) is 42.6 Å². The largest absolute Gasteiger partial charge is 0.490 e. The number of rotatable bonds is 4. The number of aliphatic imine (C=N–C) groups is 1.